The zero-order valence-electron chi connectivity index (χ0n) is 12.7. The van der Waals surface area contributed by atoms with E-state index >= 15 is 0 Å². The molecule has 2 aromatic carbocycles. The highest BCUT2D eigenvalue weighted by Gasteiger charge is 2.30. The van der Waals surface area contributed by atoms with Crippen molar-refractivity contribution in [1.82, 2.24) is 0 Å². The molecule has 0 amide bonds. The quantitative estimate of drug-likeness (QED) is 0.831. The second-order valence-corrected chi connectivity index (χ2v) is 6.13. The van der Waals surface area contributed by atoms with Crippen LogP contribution in [0.1, 0.15) is 29.4 Å². The number of phenolic OH excluding ortho intramolecular Hbond substituents is 1. The molecule has 2 unspecified atom stereocenters. The molecule has 23 heavy (non-hydrogen) atoms. The SMILES string of the molecule is Nc1ccccc1C1OC=C(C2CCc3cc(O)ccc3C2)O1. The average molecular weight is 309 g/mol. The summed E-state index contributed by atoms with van der Waals surface area (Å²) in [5.74, 6) is 1.53. The van der Waals surface area contributed by atoms with E-state index < -0.39 is 6.29 Å². The molecule has 2 atom stereocenters. The van der Waals surface area contributed by atoms with Gasteiger partial charge in [-0.15, -0.1) is 0 Å². The Morgan fingerprint density at radius 2 is 1.96 bits per heavy atom. The highest BCUT2D eigenvalue weighted by atomic mass is 16.7. The maximum atomic E-state index is 9.58. The summed E-state index contributed by atoms with van der Waals surface area (Å²) in [5.41, 5.74) is 10.0. The largest absolute Gasteiger partial charge is 0.508 e. The number of hydrogen-bond donors (Lipinski definition) is 2. The number of phenols is 1. The van der Waals surface area contributed by atoms with Crippen molar-refractivity contribution in [3.05, 3.63) is 71.2 Å². The van der Waals surface area contributed by atoms with Gasteiger partial charge in [0, 0.05) is 11.6 Å². The minimum Gasteiger partial charge on any atom is -0.508 e. The fourth-order valence-corrected chi connectivity index (χ4v) is 3.35. The zero-order valence-corrected chi connectivity index (χ0v) is 12.7. The highest BCUT2D eigenvalue weighted by Crippen LogP contribution is 2.39. The first-order valence-corrected chi connectivity index (χ1v) is 7.88. The van der Waals surface area contributed by atoms with Crippen molar-refractivity contribution < 1.29 is 14.6 Å². The van der Waals surface area contributed by atoms with Crippen LogP contribution in [0.3, 0.4) is 0 Å². The molecule has 4 rings (SSSR count). The van der Waals surface area contributed by atoms with Gasteiger partial charge in [0.25, 0.3) is 6.29 Å². The standard InChI is InChI=1S/C19H19NO3/c20-17-4-2-1-3-16(17)19-22-11-18(23-19)14-6-5-13-10-15(21)8-7-12(13)9-14/h1-4,7-8,10-11,14,19,21H,5-6,9,20H2. The minimum absolute atomic E-state index is 0.307. The maximum absolute atomic E-state index is 9.58. The normalized spacial score (nSPS) is 22.7. The van der Waals surface area contributed by atoms with Gasteiger partial charge in [-0.3, -0.25) is 0 Å². The Kier molecular flexibility index (Phi) is 3.37. The Morgan fingerprint density at radius 3 is 2.83 bits per heavy atom. The number of ether oxygens (including phenoxy) is 2. The van der Waals surface area contributed by atoms with Crippen LogP contribution in [0.4, 0.5) is 5.69 Å². The number of nitrogens with two attached hydrogens (primary N) is 1. The predicted octanol–water partition coefficient (Wildman–Crippen LogP) is 3.67. The van der Waals surface area contributed by atoms with Gasteiger partial charge in [-0.25, -0.2) is 0 Å². The van der Waals surface area contributed by atoms with E-state index in [4.69, 9.17) is 15.2 Å². The summed E-state index contributed by atoms with van der Waals surface area (Å²) in [6, 6.07) is 13.2. The number of benzene rings is 2. The van der Waals surface area contributed by atoms with Gasteiger partial charge < -0.3 is 20.3 Å². The molecule has 0 aromatic heterocycles. The number of aryl methyl sites for hydroxylation is 1. The van der Waals surface area contributed by atoms with E-state index in [-0.39, 0.29) is 0 Å². The van der Waals surface area contributed by atoms with Gasteiger partial charge >= 0.3 is 0 Å². The molecule has 118 valence electrons. The van der Waals surface area contributed by atoms with Crippen molar-refractivity contribution in [2.45, 2.75) is 25.6 Å². The summed E-state index contributed by atoms with van der Waals surface area (Å²) in [6.07, 6.45) is 4.11. The van der Waals surface area contributed by atoms with Crippen molar-refractivity contribution in [2.24, 2.45) is 5.92 Å². The molecule has 4 nitrogen and oxygen atoms in total. The van der Waals surface area contributed by atoms with Gasteiger partial charge in [0.2, 0.25) is 0 Å². The van der Waals surface area contributed by atoms with Crippen LogP contribution >= 0.6 is 0 Å². The van der Waals surface area contributed by atoms with Crippen molar-refractivity contribution in [3.8, 4) is 5.75 Å². The van der Waals surface area contributed by atoms with Crippen LogP contribution in [0.15, 0.2) is 54.5 Å². The van der Waals surface area contributed by atoms with Crippen LogP contribution in [-0.4, -0.2) is 5.11 Å². The summed E-state index contributed by atoms with van der Waals surface area (Å²) in [5, 5.41) is 9.58. The first-order valence-electron chi connectivity index (χ1n) is 7.88. The molecule has 2 aliphatic rings. The number of allylic oxidation sites excluding steroid dienone is 1. The van der Waals surface area contributed by atoms with E-state index in [1.807, 2.05) is 36.4 Å². The van der Waals surface area contributed by atoms with E-state index in [0.717, 1.165) is 30.6 Å². The Labute approximate surface area is 135 Å². The summed E-state index contributed by atoms with van der Waals surface area (Å²) in [7, 11) is 0. The third-order valence-electron chi connectivity index (χ3n) is 4.62. The molecule has 3 N–H and O–H groups in total. The van der Waals surface area contributed by atoms with Gasteiger partial charge in [0.1, 0.15) is 17.8 Å². The van der Waals surface area contributed by atoms with Crippen molar-refractivity contribution in [3.63, 3.8) is 0 Å². The van der Waals surface area contributed by atoms with Crippen LogP contribution < -0.4 is 5.73 Å². The molecule has 0 bridgehead atoms. The fourth-order valence-electron chi connectivity index (χ4n) is 3.35. The number of anilines is 1. The third-order valence-corrected chi connectivity index (χ3v) is 4.62. The van der Waals surface area contributed by atoms with Gasteiger partial charge in [0.15, 0.2) is 0 Å². The number of nitrogen functional groups attached to an aromatic ring is 1. The lowest BCUT2D eigenvalue weighted by Gasteiger charge is -2.25. The first kappa shape index (κ1) is 14.0. The molecular weight excluding hydrogens is 290 g/mol. The van der Waals surface area contributed by atoms with Crippen molar-refractivity contribution in [2.75, 3.05) is 5.73 Å². The molecule has 0 radical (unpaired) electrons. The topological polar surface area (TPSA) is 64.7 Å². The van der Waals surface area contributed by atoms with Crippen LogP contribution in [0, 0.1) is 5.92 Å². The fraction of sp³-hybridized carbons (Fsp3) is 0.263. The maximum Gasteiger partial charge on any atom is 0.268 e. The molecule has 2 aromatic rings. The van der Waals surface area contributed by atoms with E-state index in [2.05, 4.69) is 0 Å². The van der Waals surface area contributed by atoms with Gasteiger partial charge in [-0.2, -0.15) is 0 Å². The molecular formula is C19H19NO3. The highest BCUT2D eigenvalue weighted by molar-refractivity contribution is 5.47. The lowest BCUT2D eigenvalue weighted by molar-refractivity contribution is -0.0400. The summed E-state index contributed by atoms with van der Waals surface area (Å²) < 4.78 is 11.7. The van der Waals surface area contributed by atoms with Crippen molar-refractivity contribution in [1.29, 1.82) is 0 Å². The summed E-state index contributed by atoms with van der Waals surface area (Å²) >= 11 is 0. The Hall–Kier alpha value is -2.62. The second kappa shape index (κ2) is 5.54. The zero-order chi connectivity index (χ0) is 15.8. The molecule has 0 spiro atoms. The lowest BCUT2D eigenvalue weighted by atomic mass is 9.83. The van der Waals surface area contributed by atoms with E-state index in [1.165, 1.54) is 11.1 Å². The van der Waals surface area contributed by atoms with Crippen molar-refractivity contribution >= 4 is 5.69 Å². The number of hydrogen-bond acceptors (Lipinski definition) is 4. The minimum atomic E-state index is -0.451. The number of para-hydroxylation sites is 1. The molecule has 0 fully saturated rings. The van der Waals surface area contributed by atoms with Gasteiger partial charge in [0.05, 0.1) is 5.56 Å². The van der Waals surface area contributed by atoms with Crippen LogP contribution in [0.25, 0.3) is 0 Å². The molecule has 0 saturated carbocycles. The molecule has 0 saturated heterocycles. The Balaban J connectivity index is 1.49. The monoisotopic (exact) mass is 309 g/mol. The van der Waals surface area contributed by atoms with E-state index in [0.29, 0.717) is 17.4 Å². The van der Waals surface area contributed by atoms with E-state index in [9.17, 15) is 5.11 Å². The number of aromatic hydroxyl groups is 1. The van der Waals surface area contributed by atoms with Crippen LogP contribution in [0.2, 0.25) is 0 Å². The third kappa shape index (κ3) is 2.61. The van der Waals surface area contributed by atoms with E-state index in [1.54, 1.807) is 12.3 Å². The molecule has 1 aliphatic heterocycles. The predicted molar refractivity (Wildman–Crippen MR) is 87.5 cm³/mol. The average Bonchev–Trinajstić information content (AvgIpc) is 3.04. The second-order valence-electron chi connectivity index (χ2n) is 6.13. The number of fused-ring (bicyclic) bond motifs is 1. The van der Waals surface area contributed by atoms with Crippen LogP contribution in [0.5, 0.6) is 5.75 Å². The molecule has 1 aliphatic carbocycles. The smallest absolute Gasteiger partial charge is 0.268 e. The summed E-state index contributed by atoms with van der Waals surface area (Å²) in [4.78, 5) is 0. The Bertz CT molecular complexity index is 769. The summed E-state index contributed by atoms with van der Waals surface area (Å²) in [6.45, 7) is 0. The van der Waals surface area contributed by atoms with Gasteiger partial charge in [-0.05, 0) is 54.7 Å². The van der Waals surface area contributed by atoms with Gasteiger partial charge in [-0.1, -0.05) is 18.2 Å². The first-order chi connectivity index (χ1) is 11.2. The lowest BCUT2D eigenvalue weighted by Crippen LogP contribution is -2.17. The number of rotatable bonds is 2. The van der Waals surface area contributed by atoms with Crippen LogP contribution in [-0.2, 0) is 22.3 Å². The molecule has 1 heterocycles. The molecule has 4 heteroatoms. The Morgan fingerprint density at radius 1 is 1.09 bits per heavy atom.